The highest BCUT2D eigenvalue weighted by Crippen LogP contribution is 2.36. The van der Waals surface area contributed by atoms with E-state index in [1.165, 1.54) is 12.5 Å². The van der Waals surface area contributed by atoms with Crippen molar-refractivity contribution in [3.63, 3.8) is 0 Å². The first-order chi connectivity index (χ1) is 8.74. The van der Waals surface area contributed by atoms with Gasteiger partial charge in [-0.25, -0.2) is 4.79 Å². The highest BCUT2D eigenvalue weighted by atomic mass is 16.4. The number of hydrogen-bond donors (Lipinski definition) is 1. The Labute approximate surface area is 103 Å². The van der Waals surface area contributed by atoms with Crippen molar-refractivity contribution < 1.29 is 14.3 Å². The van der Waals surface area contributed by atoms with E-state index in [1.54, 1.807) is 18.2 Å². The fraction of sp³-hybridized carbons (Fsp3) is 0.308. The zero-order valence-electron chi connectivity index (χ0n) is 9.67. The van der Waals surface area contributed by atoms with E-state index in [2.05, 4.69) is 10.2 Å². The molecule has 0 aliphatic heterocycles. The SMILES string of the molecule is O=C(O)c1cccc(-c2nnc(C3CCC3)o2)c1. The maximum Gasteiger partial charge on any atom is 0.335 e. The lowest BCUT2D eigenvalue weighted by molar-refractivity contribution is 0.0697. The number of carbonyl (C=O) groups is 1. The van der Waals surface area contributed by atoms with Gasteiger partial charge >= 0.3 is 5.97 Å². The van der Waals surface area contributed by atoms with Gasteiger partial charge in [0.1, 0.15) is 0 Å². The summed E-state index contributed by atoms with van der Waals surface area (Å²) in [6, 6.07) is 6.52. The second-order valence-corrected chi connectivity index (χ2v) is 4.46. The zero-order valence-corrected chi connectivity index (χ0v) is 9.67. The van der Waals surface area contributed by atoms with Crippen molar-refractivity contribution in [2.75, 3.05) is 0 Å². The number of aromatic nitrogens is 2. The first-order valence-corrected chi connectivity index (χ1v) is 5.91. The third-order valence-corrected chi connectivity index (χ3v) is 3.25. The summed E-state index contributed by atoms with van der Waals surface area (Å²) in [6.45, 7) is 0. The molecule has 0 unspecified atom stereocenters. The van der Waals surface area contributed by atoms with Crippen LogP contribution in [-0.4, -0.2) is 21.3 Å². The van der Waals surface area contributed by atoms with E-state index in [-0.39, 0.29) is 5.56 Å². The van der Waals surface area contributed by atoms with Gasteiger partial charge in [-0.3, -0.25) is 0 Å². The topological polar surface area (TPSA) is 76.2 Å². The molecule has 1 saturated carbocycles. The van der Waals surface area contributed by atoms with Crippen molar-refractivity contribution in [1.29, 1.82) is 0 Å². The van der Waals surface area contributed by atoms with Crippen molar-refractivity contribution in [2.45, 2.75) is 25.2 Å². The van der Waals surface area contributed by atoms with Gasteiger partial charge in [-0.05, 0) is 31.0 Å². The van der Waals surface area contributed by atoms with Crippen LogP contribution in [0.2, 0.25) is 0 Å². The molecule has 5 heteroatoms. The molecule has 0 amide bonds. The molecule has 1 N–H and O–H groups in total. The van der Waals surface area contributed by atoms with Crippen LogP contribution in [0, 0.1) is 0 Å². The van der Waals surface area contributed by atoms with Crippen LogP contribution in [0.3, 0.4) is 0 Å². The van der Waals surface area contributed by atoms with Crippen molar-refractivity contribution in [1.82, 2.24) is 10.2 Å². The average molecular weight is 244 g/mol. The molecule has 0 spiro atoms. The fourth-order valence-corrected chi connectivity index (χ4v) is 1.96. The maximum absolute atomic E-state index is 10.9. The van der Waals surface area contributed by atoms with Crippen molar-refractivity contribution >= 4 is 5.97 Å². The highest BCUT2D eigenvalue weighted by molar-refractivity contribution is 5.88. The first-order valence-electron chi connectivity index (χ1n) is 5.91. The summed E-state index contributed by atoms with van der Waals surface area (Å²) < 4.78 is 5.59. The summed E-state index contributed by atoms with van der Waals surface area (Å²) in [7, 11) is 0. The Kier molecular flexibility index (Phi) is 2.59. The van der Waals surface area contributed by atoms with Crippen LogP contribution in [0.15, 0.2) is 28.7 Å². The molecule has 0 radical (unpaired) electrons. The third kappa shape index (κ3) is 1.88. The van der Waals surface area contributed by atoms with Gasteiger partial charge in [-0.2, -0.15) is 0 Å². The molecule has 92 valence electrons. The summed E-state index contributed by atoms with van der Waals surface area (Å²) in [6.07, 6.45) is 3.39. The second kappa shape index (κ2) is 4.25. The van der Waals surface area contributed by atoms with E-state index < -0.39 is 5.97 Å². The smallest absolute Gasteiger partial charge is 0.335 e. The van der Waals surface area contributed by atoms with Crippen LogP contribution in [0.5, 0.6) is 0 Å². The van der Waals surface area contributed by atoms with Crippen molar-refractivity contribution in [3.05, 3.63) is 35.7 Å². The second-order valence-electron chi connectivity index (χ2n) is 4.46. The van der Waals surface area contributed by atoms with Crippen LogP contribution in [0.1, 0.15) is 41.4 Å². The minimum atomic E-state index is -0.962. The Morgan fingerprint density at radius 2 is 2.17 bits per heavy atom. The van der Waals surface area contributed by atoms with E-state index in [1.807, 2.05) is 0 Å². The predicted octanol–water partition coefficient (Wildman–Crippen LogP) is 2.70. The normalized spacial score (nSPS) is 15.3. The molecule has 1 fully saturated rings. The molecule has 0 saturated heterocycles. The molecule has 1 aliphatic carbocycles. The quantitative estimate of drug-likeness (QED) is 0.898. The molecule has 1 aromatic carbocycles. The Hall–Kier alpha value is -2.17. The minimum Gasteiger partial charge on any atom is -0.478 e. The fourth-order valence-electron chi connectivity index (χ4n) is 1.96. The van der Waals surface area contributed by atoms with E-state index in [4.69, 9.17) is 9.52 Å². The minimum absolute atomic E-state index is 0.218. The summed E-state index contributed by atoms with van der Waals surface area (Å²) in [5.41, 5.74) is 0.865. The van der Waals surface area contributed by atoms with Crippen molar-refractivity contribution in [2.24, 2.45) is 0 Å². The number of benzene rings is 1. The molecule has 3 rings (SSSR count). The lowest BCUT2D eigenvalue weighted by Gasteiger charge is -2.20. The monoisotopic (exact) mass is 244 g/mol. The molecule has 1 aliphatic rings. The van der Waals surface area contributed by atoms with Crippen LogP contribution in [0.4, 0.5) is 0 Å². The Balaban J connectivity index is 1.91. The number of carboxylic acid groups (broad SMARTS) is 1. The Bertz CT molecular complexity index is 587. The average Bonchev–Trinajstić information content (AvgIpc) is 2.76. The van der Waals surface area contributed by atoms with Gasteiger partial charge in [0.25, 0.3) is 0 Å². The molecular weight excluding hydrogens is 232 g/mol. The molecule has 1 heterocycles. The molecular formula is C13H12N2O3. The molecule has 0 bridgehead atoms. The zero-order chi connectivity index (χ0) is 12.5. The maximum atomic E-state index is 10.9. The summed E-state index contributed by atoms with van der Waals surface area (Å²) in [5, 5.41) is 16.9. The number of carboxylic acids is 1. The van der Waals surface area contributed by atoms with E-state index in [0.29, 0.717) is 23.3 Å². The lowest BCUT2D eigenvalue weighted by atomic mass is 9.85. The molecule has 5 nitrogen and oxygen atoms in total. The summed E-state index contributed by atoms with van der Waals surface area (Å²) in [4.78, 5) is 10.9. The summed E-state index contributed by atoms with van der Waals surface area (Å²) in [5.74, 6) is 0.474. The van der Waals surface area contributed by atoms with E-state index in [0.717, 1.165) is 12.8 Å². The van der Waals surface area contributed by atoms with Gasteiger partial charge in [0.2, 0.25) is 11.8 Å². The van der Waals surface area contributed by atoms with Gasteiger partial charge in [0.15, 0.2) is 0 Å². The molecule has 1 aromatic heterocycles. The third-order valence-electron chi connectivity index (χ3n) is 3.25. The van der Waals surface area contributed by atoms with Crippen LogP contribution in [-0.2, 0) is 0 Å². The first kappa shape index (κ1) is 11.0. The van der Waals surface area contributed by atoms with Gasteiger partial charge in [-0.15, -0.1) is 10.2 Å². The van der Waals surface area contributed by atoms with Gasteiger partial charge < -0.3 is 9.52 Å². The van der Waals surface area contributed by atoms with Crippen molar-refractivity contribution in [3.8, 4) is 11.5 Å². The largest absolute Gasteiger partial charge is 0.478 e. The Morgan fingerprint density at radius 3 is 2.83 bits per heavy atom. The molecule has 0 atom stereocenters. The number of nitrogens with zero attached hydrogens (tertiary/aromatic N) is 2. The van der Waals surface area contributed by atoms with Gasteiger partial charge in [-0.1, -0.05) is 12.5 Å². The van der Waals surface area contributed by atoms with E-state index in [9.17, 15) is 4.79 Å². The standard InChI is InChI=1S/C13H12N2O3/c16-13(17)10-6-2-5-9(7-10)12-15-14-11(18-12)8-3-1-4-8/h2,5-8H,1,3-4H2,(H,16,17). The lowest BCUT2D eigenvalue weighted by Crippen LogP contribution is -2.08. The molecule has 2 aromatic rings. The predicted molar refractivity (Wildman–Crippen MR) is 63.3 cm³/mol. The van der Waals surface area contributed by atoms with Crippen LogP contribution < -0.4 is 0 Å². The van der Waals surface area contributed by atoms with Crippen LogP contribution >= 0.6 is 0 Å². The molecule has 18 heavy (non-hydrogen) atoms. The highest BCUT2D eigenvalue weighted by Gasteiger charge is 2.25. The van der Waals surface area contributed by atoms with Gasteiger partial charge in [0, 0.05) is 11.5 Å². The van der Waals surface area contributed by atoms with E-state index >= 15 is 0 Å². The summed E-state index contributed by atoms with van der Waals surface area (Å²) >= 11 is 0. The number of aromatic carboxylic acids is 1. The van der Waals surface area contributed by atoms with Crippen LogP contribution in [0.25, 0.3) is 11.5 Å². The Morgan fingerprint density at radius 1 is 1.33 bits per heavy atom. The number of hydrogen-bond acceptors (Lipinski definition) is 4. The van der Waals surface area contributed by atoms with Gasteiger partial charge in [0.05, 0.1) is 5.56 Å². The number of rotatable bonds is 3.